The van der Waals surface area contributed by atoms with Crippen molar-refractivity contribution in [2.75, 3.05) is 14.2 Å². The molecule has 0 atom stereocenters. The van der Waals surface area contributed by atoms with E-state index >= 15 is 0 Å². The van der Waals surface area contributed by atoms with Gasteiger partial charge in [0.25, 0.3) is 0 Å². The molecule has 0 amide bonds. The molecule has 1 aromatic heterocycles. The lowest BCUT2D eigenvalue weighted by Gasteiger charge is -2.16. The van der Waals surface area contributed by atoms with Gasteiger partial charge in [-0.3, -0.25) is 4.79 Å². The maximum absolute atomic E-state index is 12.8. The summed E-state index contributed by atoms with van der Waals surface area (Å²) in [6.07, 6.45) is 0. The van der Waals surface area contributed by atoms with Gasteiger partial charge in [0.05, 0.1) is 14.2 Å². The number of hydrogen-bond acceptors (Lipinski definition) is 5. The van der Waals surface area contributed by atoms with Crippen molar-refractivity contribution in [3.8, 4) is 27.3 Å². The minimum absolute atomic E-state index is 0.172. The Hall–Kier alpha value is -2.92. The Kier molecular flexibility index (Phi) is 4.95. The molecule has 0 bridgehead atoms. The van der Waals surface area contributed by atoms with E-state index in [0.717, 1.165) is 22.5 Å². The van der Waals surface area contributed by atoms with Crippen LogP contribution in [0.4, 0.5) is 0 Å². The first-order chi connectivity index (χ1) is 12.2. The monoisotopic (exact) mass is 352 g/mol. The molecule has 0 radical (unpaired) electrons. The summed E-state index contributed by atoms with van der Waals surface area (Å²) in [6, 6.07) is 18.6. The zero-order valence-electron chi connectivity index (χ0n) is 13.8. The highest BCUT2D eigenvalue weighted by molar-refractivity contribution is 7.11. The Bertz CT molecular complexity index is 947. The topological polar surface area (TPSA) is 52.6 Å². The molecular weight excluding hydrogens is 336 g/mol. The fraction of sp³-hybridized carbons (Fsp3) is 0.100. The summed E-state index contributed by atoms with van der Waals surface area (Å²) < 4.78 is 10.1. The number of methoxy groups -OCH3 is 2. The van der Waals surface area contributed by atoms with Crippen molar-refractivity contribution in [3.63, 3.8) is 0 Å². The third-order valence-corrected chi connectivity index (χ3v) is 4.74. The van der Waals surface area contributed by atoms with Crippen molar-refractivity contribution in [1.29, 1.82) is 0 Å². The first kappa shape index (κ1) is 16.9. The van der Waals surface area contributed by atoms with Crippen LogP contribution in [0, 0.1) is 0 Å². The van der Waals surface area contributed by atoms with E-state index in [1.165, 1.54) is 14.2 Å². The Labute approximate surface area is 149 Å². The van der Waals surface area contributed by atoms with E-state index in [1.807, 2.05) is 60.7 Å². The normalized spacial score (nSPS) is 10.3. The van der Waals surface area contributed by atoms with Crippen LogP contribution in [-0.2, 0) is 4.74 Å². The first-order valence-electron chi connectivity index (χ1n) is 7.61. The highest BCUT2D eigenvalue weighted by atomic mass is 32.1. The lowest BCUT2D eigenvalue weighted by Crippen LogP contribution is -2.12. The van der Waals surface area contributed by atoms with Crippen LogP contribution in [-0.4, -0.2) is 20.2 Å². The van der Waals surface area contributed by atoms with Gasteiger partial charge in [-0.25, -0.2) is 4.79 Å². The molecule has 1 heterocycles. The second-order valence-corrected chi connectivity index (χ2v) is 6.18. The Morgan fingerprint density at radius 3 is 1.84 bits per heavy atom. The molecule has 0 saturated carbocycles. The van der Waals surface area contributed by atoms with E-state index in [1.54, 1.807) is 0 Å². The van der Waals surface area contributed by atoms with Crippen LogP contribution in [0.25, 0.3) is 22.3 Å². The lowest BCUT2D eigenvalue weighted by molar-refractivity contribution is 0.0599. The van der Waals surface area contributed by atoms with Crippen LogP contribution in [0.5, 0.6) is 5.06 Å². The summed E-state index contributed by atoms with van der Waals surface area (Å²) >= 11 is 0.899. The smallest absolute Gasteiger partial charge is 0.343 e. The van der Waals surface area contributed by atoms with Gasteiger partial charge in [-0.15, -0.1) is 0 Å². The van der Waals surface area contributed by atoms with Gasteiger partial charge in [0.15, 0.2) is 5.06 Å². The predicted octanol–water partition coefficient (Wildman–Crippen LogP) is 4.24. The standard InChI is InChI=1S/C20H16O4S/c1-23-18(21)17-15(13-9-5-3-6-10-13)16(14-11-7-4-8-12-14)19(22)25-20(17)24-2/h3-12H,1-2H3. The van der Waals surface area contributed by atoms with Crippen molar-refractivity contribution in [1.82, 2.24) is 0 Å². The molecule has 2 aromatic carbocycles. The van der Waals surface area contributed by atoms with Gasteiger partial charge >= 0.3 is 5.97 Å². The first-order valence-corrected chi connectivity index (χ1v) is 8.43. The van der Waals surface area contributed by atoms with Crippen LogP contribution in [0.2, 0.25) is 0 Å². The van der Waals surface area contributed by atoms with E-state index < -0.39 is 5.97 Å². The summed E-state index contributed by atoms with van der Waals surface area (Å²) in [4.78, 5) is 25.3. The summed E-state index contributed by atoms with van der Waals surface area (Å²) in [7, 11) is 2.75. The van der Waals surface area contributed by atoms with Crippen molar-refractivity contribution < 1.29 is 14.3 Å². The van der Waals surface area contributed by atoms with Crippen LogP contribution in [0.3, 0.4) is 0 Å². The molecule has 0 unspecified atom stereocenters. The molecular formula is C20H16O4S. The van der Waals surface area contributed by atoms with Crippen LogP contribution >= 0.6 is 11.3 Å². The maximum atomic E-state index is 12.8. The number of esters is 1. The van der Waals surface area contributed by atoms with Gasteiger partial charge in [0.1, 0.15) is 5.56 Å². The van der Waals surface area contributed by atoms with Crippen LogP contribution < -0.4 is 9.48 Å². The number of benzene rings is 2. The second-order valence-electron chi connectivity index (χ2n) is 5.23. The van der Waals surface area contributed by atoms with Gasteiger partial charge in [-0.1, -0.05) is 72.0 Å². The molecule has 3 aromatic rings. The van der Waals surface area contributed by atoms with Gasteiger partial charge in [0.2, 0.25) is 4.74 Å². The summed E-state index contributed by atoms with van der Waals surface area (Å²) in [5.74, 6) is -0.538. The zero-order valence-corrected chi connectivity index (χ0v) is 14.6. The zero-order chi connectivity index (χ0) is 17.8. The number of hydrogen-bond donors (Lipinski definition) is 0. The van der Waals surface area contributed by atoms with E-state index in [2.05, 4.69) is 0 Å². The number of carbonyl (C=O) groups is 1. The van der Waals surface area contributed by atoms with Crippen molar-refractivity contribution in [3.05, 3.63) is 75.8 Å². The number of rotatable bonds is 4. The van der Waals surface area contributed by atoms with E-state index in [4.69, 9.17) is 9.47 Å². The Morgan fingerprint density at radius 1 is 0.840 bits per heavy atom. The molecule has 0 aliphatic heterocycles. The minimum Gasteiger partial charge on any atom is -0.486 e. The van der Waals surface area contributed by atoms with Crippen molar-refractivity contribution in [2.45, 2.75) is 0 Å². The fourth-order valence-electron chi connectivity index (χ4n) is 2.71. The van der Waals surface area contributed by atoms with Gasteiger partial charge < -0.3 is 9.47 Å². The third-order valence-electron chi connectivity index (χ3n) is 3.79. The molecule has 0 N–H and O–H groups in total. The quantitative estimate of drug-likeness (QED) is 0.659. The SMILES string of the molecule is COC(=O)c1c(OC)sc(=O)c(-c2ccccc2)c1-c1ccccc1. The van der Waals surface area contributed by atoms with Gasteiger partial charge in [-0.2, -0.15) is 0 Å². The minimum atomic E-state index is -0.538. The van der Waals surface area contributed by atoms with Crippen molar-refractivity contribution >= 4 is 17.3 Å². The molecule has 25 heavy (non-hydrogen) atoms. The van der Waals surface area contributed by atoms with Crippen LogP contribution in [0.1, 0.15) is 10.4 Å². The average Bonchev–Trinajstić information content (AvgIpc) is 2.67. The van der Waals surface area contributed by atoms with Crippen LogP contribution in [0.15, 0.2) is 65.5 Å². The van der Waals surface area contributed by atoms with E-state index in [9.17, 15) is 9.59 Å². The molecule has 0 fully saturated rings. The molecule has 3 rings (SSSR count). The average molecular weight is 352 g/mol. The molecule has 0 aliphatic rings. The number of carbonyl (C=O) groups excluding carboxylic acids is 1. The molecule has 126 valence electrons. The highest BCUT2D eigenvalue weighted by Gasteiger charge is 2.26. The Morgan fingerprint density at radius 2 is 1.36 bits per heavy atom. The van der Waals surface area contributed by atoms with Gasteiger partial charge in [0, 0.05) is 11.1 Å². The molecule has 0 aliphatic carbocycles. The summed E-state index contributed by atoms with van der Waals surface area (Å²) in [5.41, 5.74) is 2.76. The molecule has 4 nitrogen and oxygen atoms in total. The van der Waals surface area contributed by atoms with E-state index in [0.29, 0.717) is 11.1 Å². The highest BCUT2D eigenvalue weighted by Crippen LogP contribution is 2.39. The lowest BCUT2D eigenvalue weighted by atomic mass is 9.93. The summed E-state index contributed by atoms with van der Waals surface area (Å²) in [6.45, 7) is 0. The second kappa shape index (κ2) is 7.32. The largest absolute Gasteiger partial charge is 0.486 e. The molecule has 0 saturated heterocycles. The van der Waals surface area contributed by atoms with E-state index in [-0.39, 0.29) is 15.4 Å². The predicted molar refractivity (Wildman–Crippen MR) is 99.4 cm³/mol. The molecule has 5 heteroatoms. The third kappa shape index (κ3) is 3.19. The summed E-state index contributed by atoms with van der Waals surface area (Å²) in [5, 5.41) is 0.246. The molecule has 0 spiro atoms. The fourth-order valence-corrected chi connectivity index (χ4v) is 3.57. The Balaban J connectivity index is 2.47. The number of ether oxygens (including phenoxy) is 2. The van der Waals surface area contributed by atoms with Gasteiger partial charge in [-0.05, 0) is 11.1 Å². The maximum Gasteiger partial charge on any atom is 0.343 e. The van der Waals surface area contributed by atoms with Crippen molar-refractivity contribution in [2.24, 2.45) is 0 Å².